The van der Waals surface area contributed by atoms with Crippen LogP contribution in [0.25, 0.3) is 0 Å². The first-order chi connectivity index (χ1) is 21.5. The summed E-state index contributed by atoms with van der Waals surface area (Å²) in [5, 5.41) is 0. The second kappa shape index (κ2) is 10.8. The molecule has 6 nitrogen and oxygen atoms in total. The van der Waals surface area contributed by atoms with Gasteiger partial charge in [0, 0.05) is 35.6 Å². The fourth-order valence-corrected chi connectivity index (χ4v) is 13.8. The Kier molecular flexibility index (Phi) is 6.93. The third kappa shape index (κ3) is 4.61. The highest BCUT2D eigenvalue weighted by molar-refractivity contribution is 6.05. The topological polar surface area (TPSA) is 66.4 Å². The van der Waals surface area contributed by atoms with Gasteiger partial charge in [-0.05, 0) is 138 Å². The molecule has 0 N–H and O–H groups in total. The average Bonchev–Trinajstić information content (AvgIpc) is 3.01. The van der Waals surface area contributed by atoms with E-state index in [2.05, 4.69) is 9.80 Å². The highest BCUT2D eigenvalue weighted by atomic mass is 16.2. The molecule has 2 amide bonds. The van der Waals surface area contributed by atoms with Crippen LogP contribution in [0.2, 0.25) is 0 Å². The lowest BCUT2D eigenvalue weighted by Gasteiger charge is -2.62. The van der Waals surface area contributed by atoms with E-state index in [-0.39, 0.29) is 35.0 Å². The number of hydrogen-bond acceptors (Lipinski definition) is 4. The highest BCUT2D eigenvalue weighted by Gasteiger charge is 2.58. The van der Waals surface area contributed by atoms with E-state index >= 15 is 9.59 Å². The number of hydrogen-bond donors (Lipinski definition) is 0. The Bertz CT molecular complexity index is 1110. The van der Waals surface area contributed by atoms with E-state index in [0.717, 1.165) is 99.7 Å². The van der Waals surface area contributed by atoms with Crippen molar-refractivity contribution >= 4 is 11.8 Å². The van der Waals surface area contributed by atoms with Crippen LogP contribution in [0.3, 0.4) is 0 Å². The normalized spacial score (nSPS) is 41.2. The zero-order valence-corrected chi connectivity index (χ0v) is 26.9. The molecule has 1 heterocycles. The second-order valence-electron chi connectivity index (χ2n) is 17.5. The van der Waals surface area contributed by atoms with Gasteiger partial charge < -0.3 is 9.80 Å². The van der Waals surface area contributed by atoms with Gasteiger partial charge in [0.1, 0.15) is 0 Å². The van der Waals surface area contributed by atoms with Crippen LogP contribution in [0.15, 0.2) is 12.4 Å². The van der Waals surface area contributed by atoms with Crippen LogP contribution in [0.5, 0.6) is 0 Å². The van der Waals surface area contributed by atoms with E-state index in [1.54, 1.807) is 12.4 Å². The van der Waals surface area contributed by atoms with Gasteiger partial charge in [-0.3, -0.25) is 9.59 Å². The molecule has 1 aromatic rings. The maximum atomic E-state index is 15.2. The van der Waals surface area contributed by atoms with Crippen molar-refractivity contribution in [2.75, 3.05) is 0 Å². The van der Waals surface area contributed by atoms with Crippen molar-refractivity contribution in [3.8, 4) is 0 Å². The van der Waals surface area contributed by atoms with Crippen LogP contribution in [-0.2, 0) is 0 Å². The number of nitrogens with zero attached hydrogens (tertiary/aromatic N) is 4. The third-order valence-corrected chi connectivity index (χ3v) is 14.5. The molecule has 10 saturated carbocycles. The summed E-state index contributed by atoms with van der Waals surface area (Å²) in [6.45, 7) is 0. The predicted molar refractivity (Wildman–Crippen MR) is 170 cm³/mol. The molecule has 44 heavy (non-hydrogen) atoms. The molecule has 11 rings (SSSR count). The molecule has 10 aliphatic rings. The van der Waals surface area contributed by atoms with Crippen LogP contribution < -0.4 is 0 Å². The maximum absolute atomic E-state index is 15.2. The summed E-state index contributed by atoms with van der Waals surface area (Å²) in [5.74, 6) is 4.65. The van der Waals surface area contributed by atoms with Gasteiger partial charge in [-0.1, -0.05) is 38.5 Å². The van der Waals surface area contributed by atoms with Gasteiger partial charge in [-0.15, -0.1) is 0 Å². The number of amides is 2. The predicted octanol–water partition coefficient (Wildman–Crippen LogP) is 7.96. The molecular weight excluding hydrogens is 544 g/mol. The number of carbonyl (C=O) groups excluding carboxylic acids is 2. The van der Waals surface area contributed by atoms with Gasteiger partial charge in [0.2, 0.25) is 0 Å². The van der Waals surface area contributed by atoms with Crippen molar-refractivity contribution in [3.05, 3.63) is 23.8 Å². The van der Waals surface area contributed by atoms with E-state index in [1.165, 1.54) is 77.0 Å². The third-order valence-electron chi connectivity index (χ3n) is 14.5. The number of carbonyl (C=O) groups is 2. The first-order valence-corrected chi connectivity index (χ1v) is 19.0. The van der Waals surface area contributed by atoms with Crippen molar-refractivity contribution in [2.24, 2.45) is 35.5 Å². The highest BCUT2D eigenvalue weighted by Crippen LogP contribution is 2.60. The number of rotatable bonds is 6. The number of aromatic nitrogens is 2. The van der Waals surface area contributed by atoms with Crippen LogP contribution >= 0.6 is 0 Å². The molecule has 0 saturated heterocycles. The second-order valence-corrected chi connectivity index (χ2v) is 17.5. The van der Waals surface area contributed by atoms with Crippen molar-refractivity contribution in [2.45, 2.75) is 164 Å². The Hall–Kier alpha value is -1.98. The quantitative estimate of drug-likeness (QED) is 0.333. The Morgan fingerprint density at radius 2 is 0.795 bits per heavy atom. The zero-order chi connectivity index (χ0) is 29.5. The Morgan fingerprint density at radius 1 is 0.500 bits per heavy atom. The summed E-state index contributed by atoms with van der Waals surface area (Å²) in [7, 11) is 0. The van der Waals surface area contributed by atoms with Crippen LogP contribution in [0, 0.1) is 35.5 Å². The average molecular weight is 599 g/mol. The van der Waals surface area contributed by atoms with E-state index in [0.29, 0.717) is 11.4 Å². The fraction of sp³-hybridized carbons (Fsp3) is 0.842. The summed E-state index contributed by atoms with van der Waals surface area (Å²) >= 11 is 0. The van der Waals surface area contributed by atoms with E-state index < -0.39 is 0 Å². The first-order valence-electron chi connectivity index (χ1n) is 19.0. The van der Waals surface area contributed by atoms with Gasteiger partial charge in [0.25, 0.3) is 11.8 Å². The van der Waals surface area contributed by atoms with Crippen molar-refractivity contribution in [3.63, 3.8) is 0 Å². The molecule has 6 heteroatoms. The first kappa shape index (κ1) is 28.3. The van der Waals surface area contributed by atoms with Crippen molar-refractivity contribution in [1.82, 2.24) is 19.8 Å². The van der Waals surface area contributed by atoms with Crippen LogP contribution in [0.1, 0.15) is 162 Å². The van der Waals surface area contributed by atoms with Gasteiger partial charge >= 0.3 is 0 Å². The fourth-order valence-electron chi connectivity index (χ4n) is 13.8. The Morgan fingerprint density at radius 3 is 1.09 bits per heavy atom. The molecule has 10 aliphatic carbocycles. The maximum Gasteiger partial charge on any atom is 0.275 e. The lowest BCUT2D eigenvalue weighted by Crippen LogP contribution is -2.65. The standard InChI is InChI=1S/C38H54N4O2/c43-35(41(31-7-3-1-4-8-31)37-19-25-13-26(20-37)15-27(14-25)21-37)33-34(40-12-11-39-33)36(44)42(32-9-5-2-6-10-32)38-22-28-16-29(23-38)18-30(17-28)24-38/h11-12,25-32H,1-10,13-24H2. The molecular formula is C38H54N4O2. The minimum atomic E-state index is -0.0470. The molecule has 238 valence electrons. The smallest absolute Gasteiger partial charge is 0.275 e. The minimum absolute atomic E-state index is 0.0319. The molecule has 0 atom stereocenters. The molecule has 0 spiro atoms. The summed E-state index contributed by atoms with van der Waals surface area (Å²) in [4.78, 5) is 44.8. The molecule has 0 aliphatic heterocycles. The van der Waals surface area contributed by atoms with Gasteiger partial charge in [0.05, 0.1) is 0 Å². The monoisotopic (exact) mass is 598 g/mol. The lowest BCUT2D eigenvalue weighted by atomic mass is 9.52. The van der Waals surface area contributed by atoms with Crippen molar-refractivity contribution < 1.29 is 9.59 Å². The van der Waals surface area contributed by atoms with Crippen molar-refractivity contribution in [1.29, 1.82) is 0 Å². The zero-order valence-electron chi connectivity index (χ0n) is 26.9. The largest absolute Gasteiger partial charge is 0.329 e. The van der Waals surface area contributed by atoms with Gasteiger partial charge in [-0.25, -0.2) is 9.97 Å². The summed E-state index contributed by atoms with van der Waals surface area (Å²) in [5.41, 5.74) is 0.636. The molecule has 1 aromatic heterocycles. The Labute approximate surface area is 264 Å². The van der Waals surface area contributed by atoms with Crippen LogP contribution in [-0.4, -0.2) is 54.7 Å². The molecule has 0 radical (unpaired) electrons. The van der Waals surface area contributed by atoms with Gasteiger partial charge in [-0.2, -0.15) is 0 Å². The van der Waals surface area contributed by atoms with E-state index in [1.807, 2.05) is 0 Å². The van der Waals surface area contributed by atoms with Crippen LogP contribution in [0.4, 0.5) is 0 Å². The van der Waals surface area contributed by atoms with E-state index in [9.17, 15) is 0 Å². The van der Waals surface area contributed by atoms with E-state index in [4.69, 9.17) is 9.97 Å². The lowest BCUT2D eigenvalue weighted by molar-refractivity contribution is -0.0932. The van der Waals surface area contributed by atoms with Gasteiger partial charge in [0.15, 0.2) is 11.4 Å². The summed E-state index contributed by atoms with van der Waals surface area (Å²) < 4.78 is 0. The Balaban J connectivity index is 1.10. The molecule has 10 fully saturated rings. The minimum Gasteiger partial charge on any atom is -0.329 e. The molecule has 8 bridgehead atoms. The molecule has 0 unspecified atom stereocenters. The molecule has 0 aromatic carbocycles. The SMILES string of the molecule is O=C(c1nccnc1C(=O)N(C1CCCCC1)C12CC3CC(CC(C3)C1)C2)N(C1CCCCC1)C12CC3CC(CC(C3)C1)C2. The summed E-state index contributed by atoms with van der Waals surface area (Å²) in [6.07, 6.45) is 30.2. The summed E-state index contributed by atoms with van der Waals surface area (Å²) in [6, 6.07) is 0.546.